The van der Waals surface area contributed by atoms with Crippen LogP contribution in [0.3, 0.4) is 0 Å². The first-order valence-electron chi connectivity index (χ1n) is 9.01. The highest BCUT2D eigenvalue weighted by Gasteiger charge is 2.30. The van der Waals surface area contributed by atoms with Crippen LogP contribution in [0.5, 0.6) is 0 Å². The molecule has 0 radical (unpaired) electrons. The topological polar surface area (TPSA) is 66.8 Å². The van der Waals surface area contributed by atoms with Crippen LogP contribution in [-0.2, 0) is 19.4 Å². The molecule has 3 aromatic rings. The van der Waals surface area contributed by atoms with Crippen LogP contribution in [0.1, 0.15) is 37.1 Å². The molecule has 2 aromatic heterocycles. The van der Waals surface area contributed by atoms with Gasteiger partial charge in [0.25, 0.3) is 5.56 Å². The van der Waals surface area contributed by atoms with E-state index in [0.717, 1.165) is 12.1 Å². The molecule has 10 heteroatoms. The fourth-order valence-electron chi connectivity index (χ4n) is 2.53. The molecular formula is C19H23F4N5O. The van der Waals surface area contributed by atoms with Crippen molar-refractivity contribution in [3.8, 4) is 0 Å². The van der Waals surface area contributed by atoms with Gasteiger partial charge in [-0.25, -0.2) is 9.07 Å². The van der Waals surface area contributed by atoms with E-state index in [4.69, 9.17) is 0 Å². The third-order valence-electron chi connectivity index (χ3n) is 3.83. The van der Waals surface area contributed by atoms with Crippen molar-refractivity contribution < 1.29 is 17.6 Å². The number of anilines is 1. The Hall–Kier alpha value is -2.91. The smallest absolute Gasteiger partial charge is 0.348 e. The summed E-state index contributed by atoms with van der Waals surface area (Å²) in [7, 11) is 3.35. The first kappa shape index (κ1) is 22.4. The van der Waals surface area contributed by atoms with Crippen LogP contribution in [0, 0.1) is 0 Å². The summed E-state index contributed by atoms with van der Waals surface area (Å²) in [5.41, 5.74) is -0.664. The standard InChI is InChI=1S/C16H15F4N5O.C3H8/c1-24(2)15-21-13-12(14(26)22-15)11(7-17)23-25(13)8-9-3-5-10(6-4-9)16(18,19)20;1-3-2/h3-6H,7-8H2,1-2H3,(H,21,22,26);3H2,1-2H3. The number of aromatic nitrogens is 4. The van der Waals surface area contributed by atoms with Crippen molar-refractivity contribution in [3.63, 3.8) is 0 Å². The summed E-state index contributed by atoms with van der Waals surface area (Å²) in [6, 6.07) is 4.54. The van der Waals surface area contributed by atoms with Gasteiger partial charge in [0, 0.05) is 14.1 Å². The van der Waals surface area contributed by atoms with Gasteiger partial charge in [-0.1, -0.05) is 32.4 Å². The molecule has 0 amide bonds. The Morgan fingerprint density at radius 3 is 2.21 bits per heavy atom. The van der Waals surface area contributed by atoms with E-state index in [1.54, 1.807) is 19.0 Å². The summed E-state index contributed by atoms with van der Waals surface area (Å²) >= 11 is 0. The number of nitrogens with zero attached hydrogens (tertiary/aromatic N) is 4. The molecule has 29 heavy (non-hydrogen) atoms. The summed E-state index contributed by atoms with van der Waals surface area (Å²) in [6.45, 7) is 3.35. The Morgan fingerprint density at radius 1 is 1.14 bits per heavy atom. The number of hydrogen-bond acceptors (Lipinski definition) is 4. The molecule has 1 aromatic carbocycles. The van der Waals surface area contributed by atoms with Gasteiger partial charge in [0.05, 0.1) is 12.1 Å². The molecule has 0 spiro atoms. The van der Waals surface area contributed by atoms with Crippen LogP contribution < -0.4 is 10.5 Å². The van der Waals surface area contributed by atoms with Gasteiger partial charge in [-0.15, -0.1) is 0 Å². The zero-order chi connectivity index (χ0) is 21.8. The molecule has 2 heterocycles. The third-order valence-corrected chi connectivity index (χ3v) is 3.83. The van der Waals surface area contributed by atoms with Crippen molar-refractivity contribution in [1.29, 1.82) is 0 Å². The zero-order valence-electron chi connectivity index (χ0n) is 16.6. The molecule has 6 nitrogen and oxygen atoms in total. The highest BCUT2D eigenvalue weighted by Crippen LogP contribution is 2.29. The number of benzene rings is 1. The second kappa shape index (κ2) is 9.06. The minimum absolute atomic E-state index is 0.0324. The SMILES string of the molecule is CCC.CN(C)c1nc2c(c(CF)nn2Cc2ccc(C(F)(F)F)cc2)c(=O)[nH]1. The second-order valence-electron chi connectivity index (χ2n) is 6.62. The van der Waals surface area contributed by atoms with E-state index in [0.29, 0.717) is 5.56 Å². The zero-order valence-corrected chi connectivity index (χ0v) is 16.6. The summed E-state index contributed by atoms with van der Waals surface area (Å²) in [5.74, 6) is 0.265. The molecule has 0 atom stereocenters. The van der Waals surface area contributed by atoms with Gasteiger partial charge in [0.1, 0.15) is 17.8 Å². The number of hydrogen-bond donors (Lipinski definition) is 1. The molecule has 0 saturated heterocycles. The van der Waals surface area contributed by atoms with Gasteiger partial charge in [0.2, 0.25) is 5.95 Å². The average molecular weight is 413 g/mol. The maximum Gasteiger partial charge on any atom is 0.416 e. The lowest BCUT2D eigenvalue weighted by Crippen LogP contribution is -2.19. The van der Waals surface area contributed by atoms with E-state index in [2.05, 4.69) is 28.9 Å². The molecule has 1 N–H and O–H groups in total. The number of nitrogens with one attached hydrogen (secondary N) is 1. The van der Waals surface area contributed by atoms with Crippen LogP contribution in [-0.4, -0.2) is 33.8 Å². The molecule has 0 aliphatic rings. The lowest BCUT2D eigenvalue weighted by molar-refractivity contribution is -0.137. The van der Waals surface area contributed by atoms with Crippen molar-refractivity contribution in [2.75, 3.05) is 19.0 Å². The first-order valence-corrected chi connectivity index (χ1v) is 9.01. The quantitative estimate of drug-likeness (QED) is 0.653. The number of H-pyrrole nitrogens is 1. The van der Waals surface area contributed by atoms with Crippen LogP contribution in [0.25, 0.3) is 11.0 Å². The largest absolute Gasteiger partial charge is 0.416 e. The first-order chi connectivity index (χ1) is 13.6. The number of halogens is 4. The van der Waals surface area contributed by atoms with Crippen molar-refractivity contribution in [1.82, 2.24) is 19.7 Å². The normalized spacial score (nSPS) is 11.3. The Labute approximate surface area is 165 Å². The second-order valence-corrected chi connectivity index (χ2v) is 6.62. The lowest BCUT2D eigenvalue weighted by Gasteiger charge is -2.11. The van der Waals surface area contributed by atoms with E-state index in [-0.39, 0.29) is 29.2 Å². The lowest BCUT2D eigenvalue weighted by atomic mass is 10.1. The predicted molar refractivity (Wildman–Crippen MR) is 104 cm³/mol. The average Bonchev–Trinajstić information content (AvgIpc) is 3.00. The Morgan fingerprint density at radius 2 is 1.72 bits per heavy atom. The van der Waals surface area contributed by atoms with E-state index >= 15 is 0 Å². The summed E-state index contributed by atoms with van der Waals surface area (Å²) in [6.07, 6.45) is -3.17. The fraction of sp³-hybridized carbons (Fsp3) is 0.421. The van der Waals surface area contributed by atoms with Gasteiger partial charge < -0.3 is 4.90 Å². The van der Waals surface area contributed by atoms with Crippen molar-refractivity contribution >= 4 is 17.0 Å². The Kier molecular flexibility index (Phi) is 6.99. The van der Waals surface area contributed by atoms with Crippen LogP contribution in [0.15, 0.2) is 29.1 Å². The van der Waals surface area contributed by atoms with Crippen LogP contribution in [0.2, 0.25) is 0 Å². The molecule has 0 saturated carbocycles. The van der Waals surface area contributed by atoms with Crippen LogP contribution >= 0.6 is 0 Å². The monoisotopic (exact) mass is 413 g/mol. The molecule has 0 unspecified atom stereocenters. The summed E-state index contributed by atoms with van der Waals surface area (Å²) in [4.78, 5) is 20.6. The molecule has 0 fully saturated rings. The Balaban J connectivity index is 0.000000941. The van der Waals surface area contributed by atoms with E-state index < -0.39 is 24.0 Å². The summed E-state index contributed by atoms with van der Waals surface area (Å²) in [5, 5.41) is 4.09. The molecular weight excluding hydrogens is 390 g/mol. The molecule has 0 aliphatic heterocycles. The molecule has 0 aliphatic carbocycles. The molecule has 3 rings (SSSR count). The molecule has 0 bridgehead atoms. The molecule has 158 valence electrons. The van der Waals surface area contributed by atoms with Gasteiger partial charge in [0.15, 0.2) is 5.65 Å². The van der Waals surface area contributed by atoms with Gasteiger partial charge in [-0.2, -0.15) is 23.3 Å². The summed E-state index contributed by atoms with van der Waals surface area (Å²) < 4.78 is 52.5. The predicted octanol–water partition coefficient (Wildman–Crippen LogP) is 4.14. The van der Waals surface area contributed by atoms with E-state index in [9.17, 15) is 22.4 Å². The number of alkyl halides is 4. The maximum atomic E-state index is 13.2. The van der Waals surface area contributed by atoms with Crippen molar-refractivity contribution in [2.24, 2.45) is 0 Å². The van der Waals surface area contributed by atoms with Gasteiger partial charge >= 0.3 is 6.18 Å². The van der Waals surface area contributed by atoms with Gasteiger partial charge in [-0.05, 0) is 17.7 Å². The fourth-order valence-corrected chi connectivity index (χ4v) is 2.53. The van der Waals surface area contributed by atoms with Gasteiger partial charge in [-0.3, -0.25) is 9.78 Å². The maximum absolute atomic E-state index is 13.2. The van der Waals surface area contributed by atoms with Crippen LogP contribution in [0.4, 0.5) is 23.5 Å². The van der Waals surface area contributed by atoms with E-state index in [1.165, 1.54) is 23.2 Å². The number of rotatable bonds is 4. The number of aromatic amines is 1. The van der Waals surface area contributed by atoms with E-state index in [1.807, 2.05) is 0 Å². The number of fused-ring (bicyclic) bond motifs is 1. The van der Waals surface area contributed by atoms with Crippen molar-refractivity contribution in [2.45, 2.75) is 39.7 Å². The highest BCUT2D eigenvalue weighted by molar-refractivity contribution is 5.78. The van der Waals surface area contributed by atoms with Crippen molar-refractivity contribution in [3.05, 3.63) is 51.4 Å². The minimum Gasteiger partial charge on any atom is -0.348 e. The Bertz CT molecular complexity index is 1010. The highest BCUT2D eigenvalue weighted by atomic mass is 19.4. The third kappa shape index (κ3) is 5.12. The minimum atomic E-state index is -4.42.